The van der Waals surface area contributed by atoms with Gasteiger partial charge in [0.1, 0.15) is 13.2 Å². The number of ether oxygens (including phenoxy) is 9. The Morgan fingerprint density at radius 2 is 0.946 bits per heavy atom. The summed E-state index contributed by atoms with van der Waals surface area (Å²) in [5, 5.41) is 0. The van der Waals surface area contributed by atoms with Crippen LogP contribution < -0.4 is 0 Å². The van der Waals surface area contributed by atoms with E-state index in [0.717, 1.165) is 25.7 Å². The summed E-state index contributed by atoms with van der Waals surface area (Å²) in [6.45, 7) is 12.1. The minimum atomic E-state index is -0.118. The van der Waals surface area contributed by atoms with E-state index in [2.05, 4.69) is 12.8 Å². The molecule has 0 rings (SSSR count). The molecule has 37 heavy (non-hydrogen) atoms. The molecule has 10 nitrogen and oxygen atoms in total. The molecule has 218 valence electrons. The quantitative estimate of drug-likeness (QED) is 0.0776. The standard InChI is InChI=1S/C27H50O10/c1-4-7-8-26(6-3)27(28)37-25-24-36-23-22-35-21-20-34-19-18-33-17-16-32-15-14-31-13-12-30-11-10-29-9-5-2/h2,26H,4,6-25H2,1,3H3. The van der Waals surface area contributed by atoms with E-state index in [1.165, 1.54) is 0 Å². The van der Waals surface area contributed by atoms with Gasteiger partial charge in [-0.15, -0.1) is 6.42 Å². The molecule has 0 N–H and O–H groups in total. The smallest absolute Gasteiger partial charge is 0.308 e. The molecule has 0 aliphatic heterocycles. The van der Waals surface area contributed by atoms with E-state index in [-0.39, 0.29) is 18.5 Å². The van der Waals surface area contributed by atoms with Crippen LogP contribution >= 0.6 is 0 Å². The van der Waals surface area contributed by atoms with E-state index in [9.17, 15) is 4.79 Å². The summed E-state index contributed by atoms with van der Waals surface area (Å²) in [4.78, 5) is 12.0. The molecule has 0 spiro atoms. The van der Waals surface area contributed by atoms with Crippen LogP contribution in [0, 0.1) is 18.3 Å². The number of carbonyl (C=O) groups excluding carboxylic acids is 1. The second kappa shape index (κ2) is 30.9. The molecule has 0 saturated heterocycles. The van der Waals surface area contributed by atoms with Gasteiger partial charge in [-0.05, 0) is 12.8 Å². The number of terminal acetylenes is 1. The normalized spacial score (nSPS) is 11.9. The van der Waals surface area contributed by atoms with Crippen LogP contribution in [0.15, 0.2) is 0 Å². The van der Waals surface area contributed by atoms with Crippen LogP contribution in [0.1, 0.15) is 39.5 Å². The van der Waals surface area contributed by atoms with Gasteiger partial charge in [0, 0.05) is 0 Å². The lowest BCUT2D eigenvalue weighted by Crippen LogP contribution is -2.20. The first-order valence-electron chi connectivity index (χ1n) is 13.5. The minimum absolute atomic E-state index is 0.000865. The fourth-order valence-corrected chi connectivity index (χ4v) is 2.93. The van der Waals surface area contributed by atoms with Gasteiger partial charge in [-0.2, -0.15) is 0 Å². The Bertz CT molecular complexity index is 512. The summed E-state index contributed by atoms with van der Waals surface area (Å²) in [5.74, 6) is 2.28. The molecule has 0 aromatic heterocycles. The average molecular weight is 535 g/mol. The molecule has 0 fully saturated rings. The second-order valence-electron chi connectivity index (χ2n) is 7.96. The summed E-state index contributed by atoms with van der Waals surface area (Å²) in [6, 6.07) is 0. The maximum Gasteiger partial charge on any atom is 0.308 e. The molecule has 0 saturated carbocycles. The molecule has 0 heterocycles. The predicted octanol–water partition coefficient (Wildman–Crippen LogP) is 2.51. The number of unbranched alkanes of at least 4 members (excludes halogenated alkanes) is 1. The third-order valence-corrected chi connectivity index (χ3v) is 4.99. The lowest BCUT2D eigenvalue weighted by Gasteiger charge is -2.13. The van der Waals surface area contributed by atoms with Crippen LogP contribution in [-0.2, 0) is 47.4 Å². The van der Waals surface area contributed by atoms with Crippen LogP contribution in [0.4, 0.5) is 0 Å². The number of rotatable bonds is 30. The van der Waals surface area contributed by atoms with Crippen molar-refractivity contribution in [1.82, 2.24) is 0 Å². The number of esters is 1. The minimum Gasteiger partial charge on any atom is -0.463 e. The van der Waals surface area contributed by atoms with Crippen LogP contribution in [0.5, 0.6) is 0 Å². The summed E-state index contributed by atoms with van der Waals surface area (Å²) in [7, 11) is 0. The third-order valence-electron chi connectivity index (χ3n) is 4.99. The molecule has 0 aromatic carbocycles. The zero-order valence-corrected chi connectivity index (χ0v) is 23.1. The maximum atomic E-state index is 12.0. The van der Waals surface area contributed by atoms with Crippen molar-refractivity contribution >= 4 is 5.97 Å². The van der Waals surface area contributed by atoms with Gasteiger partial charge in [0.05, 0.1) is 105 Å². The zero-order chi connectivity index (χ0) is 27.1. The van der Waals surface area contributed by atoms with E-state index in [1.807, 2.05) is 6.92 Å². The highest BCUT2D eigenvalue weighted by atomic mass is 16.6. The molecule has 0 aliphatic rings. The molecule has 1 atom stereocenters. The highest BCUT2D eigenvalue weighted by molar-refractivity contribution is 5.72. The molecular weight excluding hydrogens is 484 g/mol. The Labute approximate surface area is 223 Å². The van der Waals surface area contributed by atoms with Crippen molar-refractivity contribution in [3.8, 4) is 12.3 Å². The van der Waals surface area contributed by atoms with Gasteiger partial charge in [0.25, 0.3) is 0 Å². The highest BCUT2D eigenvalue weighted by Crippen LogP contribution is 2.14. The van der Waals surface area contributed by atoms with Gasteiger partial charge in [0.15, 0.2) is 0 Å². The van der Waals surface area contributed by atoms with Crippen LogP contribution in [0.25, 0.3) is 0 Å². The Morgan fingerprint density at radius 1 is 0.595 bits per heavy atom. The summed E-state index contributed by atoms with van der Waals surface area (Å²) in [5.41, 5.74) is 0. The van der Waals surface area contributed by atoms with E-state index < -0.39 is 0 Å². The fraction of sp³-hybridized carbons (Fsp3) is 0.889. The van der Waals surface area contributed by atoms with Gasteiger partial charge < -0.3 is 42.6 Å². The second-order valence-corrected chi connectivity index (χ2v) is 7.96. The van der Waals surface area contributed by atoms with Crippen molar-refractivity contribution in [2.75, 3.05) is 112 Å². The predicted molar refractivity (Wildman–Crippen MR) is 140 cm³/mol. The van der Waals surface area contributed by atoms with Crippen LogP contribution in [-0.4, -0.2) is 118 Å². The molecule has 0 amide bonds. The lowest BCUT2D eigenvalue weighted by atomic mass is 10.00. The number of hydrogen-bond donors (Lipinski definition) is 0. The van der Waals surface area contributed by atoms with E-state index in [0.29, 0.717) is 106 Å². The summed E-state index contributed by atoms with van der Waals surface area (Å²) < 4.78 is 48.3. The lowest BCUT2D eigenvalue weighted by molar-refractivity contribution is -0.150. The van der Waals surface area contributed by atoms with E-state index in [1.54, 1.807) is 0 Å². The Hall–Kier alpha value is -1.29. The Morgan fingerprint density at radius 3 is 1.27 bits per heavy atom. The van der Waals surface area contributed by atoms with Crippen molar-refractivity contribution in [3.63, 3.8) is 0 Å². The molecule has 0 bridgehead atoms. The SMILES string of the molecule is C#CCOCCOCCOCCOCCOCCOCCOCCOCCOC(=O)C(CC)CCCC. The fourth-order valence-electron chi connectivity index (χ4n) is 2.93. The first kappa shape index (κ1) is 35.7. The Kier molecular flexibility index (Phi) is 29.9. The first-order chi connectivity index (χ1) is 18.3. The number of hydrogen-bond acceptors (Lipinski definition) is 10. The Balaban J connectivity index is 3.17. The monoisotopic (exact) mass is 534 g/mol. The zero-order valence-electron chi connectivity index (χ0n) is 23.1. The molecule has 0 aliphatic carbocycles. The van der Waals surface area contributed by atoms with Gasteiger partial charge in [0.2, 0.25) is 0 Å². The molecule has 0 aromatic rings. The first-order valence-corrected chi connectivity index (χ1v) is 13.5. The van der Waals surface area contributed by atoms with Gasteiger partial charge >= 0.3 is 5.97 Å². The van der Waals surface area contributed by atoms with Crippen molar-refractivity contribution in [3.05, 3.63) is 0 Å². The molecule has 10 heteroatoms. The van der Waals surface area contributed by atoms with Crippen molar-refractivity contribution < 1.29 is 47.4 Å². The number of carbonyl (C=O) groups is 1. The average Bonchev–Trinajstić information content (AvgIpc) is 2.91. The summed E-state index contributed by atoms with van der Waals surface area (Å²) >= 11 is 0. The highest BCUT2D eigenvalue weighted by Gasteiger charge is 2.16. The third kappa shape index (κ3) is 27.6. The van der Waals surface area contributed by atoms with Crippen LogP contribution in [0.3, 0.4) is 0 Å². The molecule has 1 unspecified atom stereocenters. The van der Waals surface area contributed by atoms with Gasteiger partial charge in [-0.1, -0.05) is 32.6 Å². The summed E-state index contributed by atoms with van der Waals surface area (Å²) in [6.07, 6.45) is 8.91. The van der Waals surface area contributed by atoms with Crippen molar-refractivity contribution in [1.29, 1.82) is 0 Å². The van der Waals surface area contributed by atoms with E-state index >= 15 is 0 Å². The topological polar surface area (TPSA) is 100 Å². The molecular formula is C27H50O10. The maximum absolute atomic E-state index is 12.0. The van der Waals surface area contributed by atoms with Crippen molar-refractivity contribution in [2.45, 2.75) is 39.5 Å². The molecule has 0 radical (unpaired) electrons. The largest absolute Gasteiger partial charge is 0.463 e. The van der Waals surface area contributed by atoms with Gasteiger partial charge in [-0.3, -0.25) is 4.79 Å². The van der Waals surface area contributed by atoms with E-state index in [4.69, 9.17) is 49.1 Å². The van der Waals surface area contributed by atoms with Crippen LogP contribution in [0.2, 0.25) is 0 Å². The van der Waals surface area contributed by atoms with Crippen molar-refractivity contribution in [2.24, 2.45) is 5.92 Å². The van der Waals surface area contributed by atoms with Gasteiger partial charge in [-0.25, -0.2) is 0 Å².